The second kappa shape index (κ2) is 7.32. The summed E-state index contributed by atoms with van der Waals surface area (Å²) in [7, 11) is 0. The number of carbonyl (C=O) groups is 2. The molecule has 0 saturated heterocycles. The maximum atomic E-state index is 10.8. The molecular formula is C9H17NO4. The van der Waals surface area contributed by atoms with Crippen LogP contribution in [0.2, 0.25) is 0 Å². The van der Waals surface area contributed by atoms with E-state index in [1.165, 1.54) is 0 Å². The molecule has 0 fully saturated rings. The molecule has 5 nitrogen and oxygen atoms in total. The van der Waals surface area contributed by atoms with E-state index in [-0.39, 0.29) is 31.6 Å². The molecule has 0 saturated carbocycles. The van der Waals surface area contributed by atoms with Crippen LogP contribution >= 0.6 is 0 Å². The molecule has 0 aliphatic heterocycles. The predicted molar refractivity (Wildman–Crippen MR) is 50.4 cm³/mol. The lowest BCUT2D eigenvalue weighted by Gasteiger charge is -2.11. The molecule has 14 heavy (non-hydrogen) atoms. The fourth-order valence-electron chi connectivity index (χ4n) is 0.680. The lowest BCUT2D eigenvalue weighted by Crippen LogP contribution is -2.22. The summed E-state index contributed by atoms with van der Waals surface area (Å²) in [6.07, 6.45) is 0.356. The van der Waals surface area contributed by atoms with Crippen LogP contribution in [0.25, 0.3) is 0 Å². The van der Waals surface area contributed by atoms with Crippen LogP contribution in [0.15, 0.2) is 0 Å². The van der Waals surface area contributed by atoms with Gasteiger partial charge >= 0.3 is 11.9 Å². The van der Waals surface area contributed by atoms with Crippen molar-refractivity contribution in [2.24, 2.45) is 11.7 Å². The zero-order chi connectivity index (χ0) is 11.0. The molecule has 0 amide bonds. The third kappa shape index (κ3) is 6.42. The van der Waals surface area contributed by atoms with Gasteiger partial charge in [-0.3, -0.25) is 9.59 Å². The summed E-state index contributed by atoms with van der Waals surface area (Å²) in [4.78, 5) is 21.4. The predicted octanol–water partition coefficient (Wildman–Crippen LogP) is 0.0776. The Bertz CT molecular complexity index is 173. The highest BCUT2D eigenvalue weighted by molar-refractivity contribution is 5.71. The van der Waals surface area contributed by atoms with Gasteiger partial charge in [-0.2, -0.15) is 0 Å². The topological polar surface area (TPSA) is 78.6 Å². The van der Waals surface area contributed by atoms with Crippen LogP contribution in [-0.2, 0) is 19.1 Å². The number of hydrogen-bond acceptors (Lipinski definition) is 5. The maximum Gasteiger partial charge on any atom is 0.319 e. The van der Waals surface area contributed by atoms with Crippen LogP contribution in [0.1, 0.15) is 20.3 Å². The van der Waals surface area contributed by atoms with Gasteiger partial charge in [-0.1, -0.05) is 13.8 Å². The molecule has 0 spiro atoms. The minimum atomic E-state index is -0.446. The summed E-state index contributed by atoms with van der Waals surface area (Å²) in [5.74, 6) is -0.693. The second-order valence-electron chi connectivity index (χ2n) is 3.03. The van der Waals surface area contributed by atoms with Crippen molar-refractivity contribution in [3.05, 3.63) is 0 Å². The number of ether oxygens (including phenoxy) is 2. The Morgan fingerprint density at radius 3 is 2.14 bits per heavy atom. The largest absolute Gasteiger partial charge is 0.465 e. The van der Waals surface area contributed by atoms with Crippen molar-refractivity contribution in [1.82, 2.24) is 0 Å². The molecule has 0 aliphatic rings. The Balaban J connectivity index is 3.50. The van der Waals surface area contributed by atoms with Crippen molar-refractivity contribution in [1.29, 1.82) is 0 Å². The smallest absolute Gasteiger partial charge is 0.319 e. The Labute approximate surface area is 83.5 Å². The van der Waals surface area contributed by atoms with E-state index < -0.39 is 5.97 Å². The quantitative estimate of drug-likeness (QED) is 0.618. The van der Waals surface area contributed by atoms with E-state index in [0.29, 0.717) is 6.42 Å². The summed E-state index contributed by atoms with van der Waals surface area (Å²) in [5.41, 5.74) is 5.04. The fourth-order valence-corrected chi connectivity index (χ4v) is 0.680. The highest BCUT2D eigenvalue weighted by Crippen LogP contribution is 1.98. The summed E-state index contributed by atoms with van der Waals surface area (Å²) in [5, 5.41) is 0. The first-order valence-corrected chi connectivity index (χ1v) is 4.61. The SMILES string of the molecule is CCC(=O)OCC(C)COC(=O)CN. The van der Waals surface area contributed by atoms with E-state index in [2.05, 4.69) is 0 Å². The Hall–Kier alpha value is -1.10. The zero-order valence-electron chi connectivity index (χ0n) is 8.62. The summed E-state index contributed by atoms with van der Waals surface area (Å²) in [6.45, 7) is 3.92. The normalized spacial score (nSPS) is 11.9. The van der Waals surface area contributed by atoms with Gasteiger partial charge in [0.05, 0.1) is 19.8 Å². The molecule has 82 valence electrons. The standard InChI is InChI=1S/C9H17NO4/c1-3-8(11)13-5-7(2)6-14-9(12)4-10/h7H,3-6,10H2,1-2H3. The highest BCUT2D eigenvalue weighted by atomic mass is 16.5. The average molecular weight is 203 g/mol. The van der Waals surface area contributed by atoms with E-state index in [9.17, 15) is 9.59 Å². The molecule has 0 aromatic rings. The van der Waals surface area contributed by atoms with Crippen molar-refractivity contribution in [2.45, 2.75) is 20.3 Å². The summed E-state index contributed by atoms with van der Waals surface area (Å²) >= 11 is 0. The molecule has 0 radical (unpaired) electrons. The van der Waals surface area contributed by atoms with Gasteiger partial charge in [0, 0.05) is 12.3 Å². The third-order valence-corrected chi connectivity index (χ3v) is 1.51. The fraction of sp³-hybridized carbons (Fsp3) is 0.778. The summed E-state index contributed by atoms with van der Waals surface area (Å²) < 4.78 is 9.62. The molecule has 1 atom stereocenters. The van der Waals surface area contributed by atoms with Gasteiger partial charge in [0.25, 0.3) is 0 Å². The highest BCUT2D eigenvalue weighted by Gasteiger charge is 2.08. The van der Waals surface area contributed by atoms with Gasteiger partial charge in [0.2, 0.25) is 0 Å². The number of rotatable bonds is 6. The van der Waals surface area contributed by atoms with E-state index >= 15 is 0 Å². The van der Waals surface area contributed by atoms with Crippen molar-refractivity contribution < 1.29 is 19.1 Å². The number of hydrogen-bond donors (Lipinski definition) is 1. The Morgan fingerprint density at radius 1 is 1.21 bits per heavy atom. The van der Waals surface area contributed by atoms with Crippen molar-refractivity contribution >= 4 is 11.9 Å². The van der Waals surface area contributed by atoms with Crippen molar-refractivity contribution in [3.63, 3.8) is 0 Å². The zero-order valence-corrected chi connectivity index (χ0v) is 8.62. The molecule has 1 unspecified atom stereocenters. The van der Waals surface area contributed by atoms with E-state index in [4.69, 9.17) is 15.2 Å². The molecule has 0 aliphatic carbocycles. The lowest BCUT2D eigenvalue weighted by atomic mass is 10.2. The molecule has 0 aromatic carbocycles. The van der Waals surface area contributed by atoms with Crippen LogP contribution in [0.4, 0.5) is 0 Å². The Kier molecular flexibility index (Phi) is 6.74. The van der Waals surface area contributed by atoms with Gasteiger partial charge in [-0.25, -0.2) is 0 Å². The molecular weight excluding hydrogens is 186 g/mol. The van der Waals surface area contributed by atoms with Gasteiger partial charge in [-0.05, 0) is 0 Å². The molecule has 0 bridgehead atoms. The average Bonchev–Trinajstić information content (AvgIpc) is 2.22. The van der Waals surface area contributed by atoms with Gasteiger partial charge in [0.1, 0.15) is 0 Å². The van der Waals surface area contributed by atoms with Gasteiger partial charge in [0.15, 0.2) is 0 Å². The van der Waals surface area contributed by atoms with E-state index in [1.54, 1.807) is 6.92 Å². The van der Waals surface area contributed by atoms with Crippen LogP contribution in [-0.4, -0.2) is 31.7 Å². The van der Waals surface area contributed by atoms with Crippen LogP contribution in [0, 0.1) is 5.92 Å². The first-order chi connectivity index (χ1) is 6.60. The maximum absolute atomic E-state index is 10.8. The van der Waals surface area contributed by atoms with Gasteiger partial charge < -0.3 is 15.2 Å². The van der Waals surface area contributed by atoms with Crippen LogP contribution in [0.5, 0.6) is 0 Å². The van der Waals surface area contributed by atoms with Crippen molar-refractivity contribution in [3.8, 4) is 0 Å². The Morgan fingerprint density at radius 2 is 1.71 bits per heavy atom. The first-order valence-electron chi connectivity index (χ1n) is 4.61. The summed E-state index contributed by atoms with van der Waals surface area (Å²) in [6, 6.07) is 0. The monoisotopic (exact) mass is 203 g/mol. The molecule has 5 heteroatoms. The van der Waals surface area contributed by atoms with Crippen molar-refractivity contribution in [2.75, 3.05) is 19.8 Å². The van der Waals surface area contributed by atoms with Gasteiger partial charge in [-0.15, -0.1) is 0 Å². The van der Waals surface area contributed by atoms with Crippen LogP contribution in [0.3, 0.4) is 0 Å². The molecule has 0 aromatic heterocycles. The van der Waals surface area contributed by atoms with E-state index in [1.807, 2.05) is 6.92 Å². The second-order valence-corrected chi connectivity index (χ2v) is 3.03. The van der Waals surface area contributed by atoms with Crippen LogP contribution < -0.4 is 5.73 Å². The third-order valence-electron chi connectivity index (χ3n) is 1.51. The first kappa shape index (κ1) is 12.9. The van der Waals surface area contributed by atoms with E-state index in [0.717, 1.165) is 0 Å². The number of nitrogens with two attached hydrogens (primary N) is 1. The molecule has 0 rings (SSSR count). The number of carbonyl (C=O) groups excluding carboxylic acids is 2. The lowest BCUT2D eigenvalue weighted by molar-refractivity contribution is -0.147. The minimum absolute atomic E-state index is 0.000926. The molecule has 0 heterocycles. The minimum Gasteiger partial charge on any atom is -0.465 e. The molecule has 2 N–H and O–H groups in total. The number of esters is 2.